The molecule has 2 aromatic rings. The summed E-state index contributed by atoms with van der Waals surface area (Å²) < 4.78 is 13.8. The van der Waals surface area contributed by atoms with Crippen LogP contribution in [0.15, 0.2) is 42.5 Å². The van der Waals surface area contributed by atoms with Gasteiger partial charge in [0.1, 0.15) is 5.82 Å². The molecule has 0 bridgehead atoms. The first-order valence-corrected chi connectivity index (χ1v) is 6.33. The van der Waals surface area contributed by atoms with Crippen molar-refractivity contribution < 1.29 is 9.18 Å². The van der Waals surface area contributed by atoms with Crippen LogP contribution in [0.3, 0.4) is 0 Å². The van der Waals surface area contributed by atoms with E-state index in [1.165, 1.54) is 17.0 Å². The number of nitrogen functional groups attached to an aromatic ring is 1. The number of amides is 1. The maximum absolute atomic E-state index is 13.8. The SMILES string of the molecule is Cc1ccc(C(=O)N(C)Cc2ccc(N)cc2)c(F)c1. The van der Waals surface area contributed by atoms with Crippen LogP contribution >= 0.6 is 0 Å². The highest BCUT2D eigenvalue weighted by Gasteiger charge is 2.16. The minimum absolute atomic E-state index is 0.0912. The van der Waals surface area contributed by atoms with Crippen LogP contribution in [0.25, 0.3) is 0 Å². The molecule has 0 radical (unpaired) electrons. The lowest BCUT2D eigenvalue weighted by atomic mass is 10.1. The van der Waals surface area contributed by atoms with Crippen LogP contribution in [0.5, 0.6) is 0 Å². The lowest BCUT2D eigenvalue weighted by molar-refractivity contribution is 0.0780. The lowest BCUT2D eigenvalue weighted by Gasteiger charge is -2.18. The number of rotatable bonds is 3. The minimum atomic E-state index is -0.487. The molecule has 0 aliphatic carbocycles. The summed E-state index contributed by atoms with van der Waals surface area (Å²) in [7, 11) is 1.65. The fourth-order valence-electron chi connectivity index (χ4n) is 1.97. The number of anilines is 1. The van der Waals surface area contributed by atoms with E-state index in [-0.39, 0.29) is 11.5 Å². The van der Waals surface area contributed by atoms with E-state index < -0.39 is 5.82 Å². The fourth-order valence-corrected chi connectivity index (χ4v) is 1.97. The molecule has 1 amide bonds. The van der Waals surface area contributed by atoms with Gasteiger partial charge in [-0.05, 0) is 42.3 Å². The number of hydrogen-bond donors (Lipinski definition) is 1. The molecule has 0 aliphatic rings. The van der Waals surface area contributed by atoms with Gasteiger partial charge in [0.15, 0.2) is 0 Å². The lowest BCUT2D eigenvalue weighted by Crippen LogP contribution is -2.27. The number of carbonyl (C=O) groups is 1. The van der Waals surface area contributed by atoms with Gasteiger partial charge in [0, 0.05) is 19.3 Å². The van der Waals surface area contributed by atoms with Gasteiger partial charge in [0.05, 0.1) is 5.56 Å². The van der Waals surface area contributed by atoms with E-state index in [2.05, 4.69) is 0 Å². The summed E-state index contributed by atoms with van der Waals surface area (Å²) in [6, 6.07) is 11.9. The summed E-state index contributed by atoms with van der Waals surface area (Å²) in [6.45, 7) is 2.20. The molecule has 0 aliphatic heterocycles. The first kappa shape index (κ1) is 14.1. The summed E-state index contributed by atoms with van der Waals surface area (Å²) in [5.41, 5.74) is 8.12. The third kappa shape index (κ3) is 3.15. The number of benzene rings is 2. The Morgan fingerprint density at radius 3 is 2.45 bits per heavy atom. The van der Waals surface area contributed by atoms with Gasteiger partial charge < -0.3 is 10.6 Å². The molecule has 0 aromatic heterocycles. The standard InChI is InChI=1S/C16H17FN2O/c1-11-3-8-14(15(17)9-11)16(20)19(2)10-12-4-6-13(18)7-5-12/h3-9H,10,18H2,1-2H3. The molecule has 2 rings (SSSR count). The van der Waals surface area contributed by atoms with Crippen LogP contribution in [0.2, 0.25) is 0 Å². The maximum Gasteiger partial charge on any atom is 0.256 e. The Morgan fingerprint density at radius 2 is 1.85 bits per heavy atom. The Labute approximate surface area is 117 Å². The molecule has 2 N–H and O–H groups in total. The third-order valence-corrected chi connectivity index (χ3v) is 3.10. The molecule has 0 spiro atoms. The van der Waals surface area contributed by atoms with Crippen LogP contribution in [0, 0.1) is 12.7 Å². The predicted molar refractivity (Wildman–Crippen MR) is 77.8 cm³/mol. The van der Waals surface area contributed by atoms with E-state index >= 15 is 0 Å². The van der Waals surface area contributed by atoms with Crippen LogP contribution in [0.1, 0.15) is 21.5 Å². The molecule has 0 atom stereocenters. The van der Waals surface area contributed by atoms with Gasteiger partial charge >= 0.3 is 0 Å². The van der Waals surface area contributed by atoms with Gasteiger partial charge in [0.2, 0.25) is 0 Å². The van der Waals surface area contributed by atoms with Gasteiger partial charge in [-0.25, -0.2) is 4.39 Å². The Balaban J connectivity index is 2.14. The molecule has 104 valence electrons. The zero-order valence-electron chi connectivity index (χ0n) is 11.6. The van der Waals surface area contributed by atoms with Gasteiger partial charge in [-0.2, -0.15) is 0 Å². The first-order valence-electron chi connectivity index (χ1n) is 6.33. The van der Waals surface area contributed by atoms with E-state index in [1.54, 1.807) is 32.2 Å². The molecule has 0 heterocycles. The maximum atomic E-state index is 13.8. The van der Waals surface area contributed by atoms with Crippen molar-refractivity contribution in [3.63, 3.8) is 0 Å². The van der Waals surface area contributed by atoms with Crippen molar-refractivity contribution in [3.8, 4) is 0 Å². The summed E-state index contributed by atoms with van der Waals surface area (Å²) in [5, 5.41) is 0. The number of halogens is 1. The minimum Gasteiger partial charge on any atom is -0.399 e. The number of carbonyl (C=O) groups excluding carboxylic acids is 1. The molecular weight excluding hydrogens is 255 g/mol. The highest BCUT2D eigenvalue weighted by atomic mass is 19.1. The molecule has 4 heteroatoms. The number of nitrogens with zero attached hydrogens (tertiary/aromatic N) is 1. The van der Waals surface area contributed by atoms with E-state index in [4.69, 9.17) is 5.73 Å². The molecule has 0 fully saturated rings. The summed E-state index contributed by atoms with van der Waals surface area (Å²) in [4.78, 5) is 13.7. The molecular formula is C16H17FN2O. The summed E-state index contributed by atoms with van der Waals surface area (Å²) in [6.07, 6.45) is 0. The number of nitrogens with two attached hydrogens (primary N) is 1. The quantitative estimate of drug-likeness (QED) is 0.873. The zero-order valence-corrected chi connectivity index (χ0v) is 11.6. The van der Waals surface area contributed by atoms with Crippen LogP contribution < -0.4 is 5.73 Å². The normalized spacial score (nSPS) is 10.3. The van der Waals surface area contributed by atoms with Crippen molar-refractivity contribution in [1.82, 2.24) is 4.90 Å². The largest absolute Gasteiger partial charge is 0.399 e. The Bertz CT molecular complexity index is 623. The van der Waals surface area contributed by atoms with Crippen molar-refractivity contribution in [2.45, 2.75) is 13.5 Å². The van der Waals surface area contributed by atoms with Crippen molar-refractivity contribution in [2.24, 2.45) is 0 Å². The van der Waals surface area contributed by atoms with Crippen molar-refractivity contribution in [3.05, 3.63) is 65.0 Å². The molecule has 20 heavy (non-hydrogen) atoms. The Kier molecular flexibility index (Phi) is 4.03. The van der Waals surface area contributed by atoms with Gasteiger partial charge in [0.25, 0.3) is 5.91 Å². The van der Waals surface area contributed by atoms with E-state index in [0.29, 0.717) is 12.2 Å². The van der Waals surface area contributed by atoms with Gasteiger partial charge in [-0.3, -0.25) is 4.79 Å². The number of hydrogen-bond acceptors (Lipinski definition) is 2. The van der Waals surface area contributed by atoms with Crippen LogP contribution in [0.4, 0.5) is 10.1 Å². The highest BCUT2D eigenvalue weighted by Crippen LogP contribution is 2.14. The van der Waals surface area contributed by atoms with E-state index in [1.807, 2.05) is 12.1 Å². The molecule has 0 unspecified atom stereocenters. The highest BCUT2D eigenvalue weighted by molar-refractivity contribution is 5.94. The first-order chi connectivity index (χ1) is 9.47. The molecule has 0 saturated heterocycles. The van der Waals surface area contributed by atoms with Crippen molar-refractivity contribution in [1.29, 1.82) is 0 Å². The Hall–Kier alpha value is -2.36. The monoisotopic (exact) mass is 272 g/mol. The van der Waals surface area contributed by atoms with Gasteiger partial charge in [-0.1, -0.05) is 18.2 Å². The zero-order chi connectivity index (χ0) is 14.7. The van der Waals surface area contributed by atoms with Crippen molar-refractivity contribution in [2.75, 3.05) is 12.8 Å². The summed E-state index contributed by atoms with van der Waals surface area (Å²) in [5.74, 6) is -0.821. The third-order valence-electron chi connectivity index (χ3n) is 3.10. The van der Waals surface area contributed by atoms with Crippen LogP contribution in [-0.4, -0.2) is 17.9 Å². The van der Waals surface area contributed by atoms with Gasteiger partial charge in [-0.15, -0.1) is 0 Å². The fraction of sp³-hybridized carbons (Fsp3) is 0.188. The average molecular weight is 272 g/mol. The summed E-state index contributed by atoms with van der Waals surface area (Å²) >= 11 is 0. The topological polar surface area (TPSA) is 46.3 Å². The molecule has 3 nitrogen and oxygen atoms in total. The molecule has 2 aromatic carbocycles. The van der Waals surface area contributed by atoms with Crippen molar-refractivity contribution >= 4 is 11.6 Å². The predicted octanol–water partition coefficient (Wildman–Crippen LogP) is 2.99. The second-order valence-electron chi connectivity index (χ2n) is 4.89. The Morgan fingerprint density at radius 1 is 1.20 bits per heavy atom. The van der Waals surface area contributed by atoms with E-state index in [9.17, 15) is 9.18 Å². The second-order valence-corrected chi connectivity index (χ2v) is 4.89. The second kappa shape index (κ2) is 5.74. The molecule has 0 saturated carbocycles. The van der Waals surface area contributed by atoms with E-state index in [0.717, 1.165) is 11.1 Å². The van der Waals surface area contributed by atoms with Crippen LogP contribution in [-0.2, 0) is 6.54 Å². The smallest absolute Gasteiger partial charge is 0.256 e. The average Bonchev–Trinajstić information content (AvgIpc) is 2.40. The number of aryl methyl sites for hydroxylation is 1.